The highest BCUT2D eigenvalue weighted by molar-refractivity contribution is 8.00. The maximum atomic E-state index is 12.7. The highest BCUT2D eigenvalue weighted by atomic mass is 32.2. The number of aromatic nitrogens is 1. The van der Waals surface area contributed by atoms with Crippen molar-refractivity contribution >= 4 is 68.3 Å². The van der Waals surface area contributed by atoms with Gasteiger partial charge in [0.25, 0.3) is 11.8 Å². The second-order valence-corrected chi connectivity index (χ2v) is 9.69. The molecule has 32 heavy (non-hydrogen) atoms. The van der Waals surface area contributed by atoms with Gasteiger partial charge in [0, 0.05) is 5.38 Å². The molecule has 1 aromatic rings. The van der Waals surface area contributed by atoms with Crippen LogP contribution in [0.25, 0.3) is 0 Å². The number of carbonyl (C=O) groups excluding carboxylic acids is 3. The number of thioether (sulfide) groups is 1. The molecule has 0 bridgehead atoms. The number of rotatable bonds is 9. The number of aliphatic carboxylic acids is 1. The zero-order valence-corrected chi connectivity index (χ0v) is 18.7. The third-order valence-corrected chi connectivity index (χ3v) is 6.53. The zero-order valence-electron chi connectivity index (χ0n) is 16.3. The van der Waals surface area contributed by atoms with E-state index in [0.717, 1.165) is 34.3 Å². The second-order valence-electron chi connectivity index (χ2n) is 6.15. The number of nitrogens with zero attached hydrogens (tertiary/aromatic N) is 3. The molecule has 1 saturated heterocycles. The highest BCUT2D eigenvalue weighted by Gasteiger charge is 2.55. The fourth-order valence-corrected chi connectivity index (χ4v) is 5.33. The minimum atomic E-state index is -4.01. The number of β-lactam (4-membered cyclic amide) rings is 1. The lowest BCUT2D eigenvalue weighted by Crippen LogP contribution is -2.71. The van der Waals surface area contributed by atoms with Crippen molar-refractivity contribution in [3.8, 4) is 0 Å². The Morgan fingerprint density at radius 2 is 2.16 bits per heavy atom. The van der Waals surface area contributed by atoms with Crippen molar-refractivity contribution < 1.29 is 41.7 Å². The van der Waals surface area contributed by atoms with Gasteiger partial charge in [0.1, 0.15) is 24.2 Å². The number of oxime groups is 1. The van der Waals surface area contributed by atoms with Crippen molar-refractivity contribution in [2.75, 3.05) is 24.4 Å². The van der Waals surface area contributed by atoms with Gasteiger partial charge >= 0.3 is 16.1 Å². The van der Waals surface area contributed by atoms with Crippen LogP contribution < -0.4 is 10.6 Å². The summed E-state index contributed by atoms with van der Waals surface area (Å²) < 4.78 is 27.5. The number of carboxylic acid groups (broad SMARTS) is 1. The molecule has 14 nitrogen and oxygen atoms in total. The molecule has 0 aliphatic carbocycles. The monoisotopic (exact) mass is 505 g/mol. The van der Waals surface area contributed by atoms with Gasteiger partial charge in [-0.25, -0.2) is 9.78 Å². The summed E-state index contributed by atoms with van der Waals surface area (Å²) in [6.07, 6.45) is 1.16. The number of hydrogen-bond donors (Lipinski definition) is 3. The SMILES string of the molecule is CON=C(C(=O)NC1C(=O)N2C(C(=O)O)=C(OS(C)(=O)=O)CS[C@@H]12)c1csc(NC=O)n1. The first kappa shape index (κ1) is 23.5. The highest BCUT2D eigenvalue weighted by Crippen LogP contribution is 2.41. The molecule has 2 aliphatic rings. The quantitative estimate of drug-likeness (QED) is 0.119. The van der Waals surface area contributed by atoms with E-state index in [1.165, 1.54) is 12.5 Å². The van der Waals surface area contributed by atoms with Crippen LogP contribution in [-0.4, -0.2) is 83.8 Å². The van der Waals surface area contributed by atoms with Gasteiger partial charge < -0.3 is 24.8 Å². The minimum absolute atomic E-state index is 0.0774. The van der Waals surface area contributed by atoms with Crippen molar-refractivity contribution in [3.63, 3.8) is 0 Å². The summed E-state index contributed by atoms with van der Waals surface area (Å²) >= 11 is 2.04. The van der Waals surface area contributed by atoms with E-state index in [-0.39, 0.29) is 22.3 Å². The van der Waals surface area contributed by atoms with Crippen LogP contribution in [0.3, 0.4) is 0 Å². The van der Waals surface area contributed by atoms with Crippen LogP contribution in [0.4, 0.5) is 5.13 Å². The number of anilines is 1. The average molecular weight is 506 g/mol. The molecular formula is C15H15N5O9S3. The average Bonchev–Trinajstić information content (AvgIpc) is 3.16. The number of carbonyl (C=O) groups is 4. The minimum Gasteiger partial charge on any atom is -0.476 e. The molecule has 3 heterocycles. The zero-order chi connectivity index (χ0) is 23.6. The van der Waals surface area contributed by atoms with Gasteiger partial charge in [-0.3, -0.25) is 19.3 Å². The molecule has 0 saturated carbocycles. The van der Waals surface area contributed by atoms with Crippen molar-refractivity contribution in [2.24, 2.45) is 5.16 Å². The third-order valence-electron chi connectivity index (χ3n) is 4.00. The topological polar surface area (TPSA) is 194 Å². The van der Waals surface area contributed by atoms with Crippen LogP contribution >= 0.6 is 23.1 Å². The Bertz CT molecular complexity index is 1140. The molecule has 3 rings (SSSR count). The normalized spacial score (nSPS) is 20.8. The molecule has 1 unspecified atom stereocenters. The van der Waals surface area contributed by atoms with Crippen LogP contribution in [0.1, 0.15) is 5.69 Å². The summed E-state index contributed by atoms with van der Waals surface area (Å²) in [6.45, 7) is 0. The van der Waals surface area contributed by atoms with Crippen molar-refractivity contribution in [1.29, 1.82) is 0 Å². The molecule has 1 aromatic heterocycles. The Kier molecular flexibility index (Phi) is 6.70. The molecular weight excluding hydrogens is 490 g/mol. The second kappa shape index (κ2) is 9.13. The summed E-state index contributed by atoms with van der Waals surface area (Å²) in [4.78, 5) is 57.1. The van der Waals surface area contributed by atoms with E-state index >= 15 is 0 Å². The van der Waals surface area contributed by atoms with E-state index in [2.05, 4.69) is 25.6 Å². The lowest BCUT2D eigenvalue weighted by atomic mass is 10.0. The Balaban J connectivity index is 1.80. The van der Waals surface area contributed by atoms with Crippen LogP contribution in [-0.2, 0) is 38.3 Å². The summed E-state index contributed by atoms with van der Waals surface area (Å²) in [5.41, 5.74) is -0.803. The van der Waals surface area contributed by atoms with Crippen molar-refractivity contribution in [1.82, 2.24) is 15.2 Å². The van der Waals surface area contributed by atoms with E-state index in [9.17, 15) is 32.7 Å². The summed E-state index contributed by atoms with van der Waals surface area (Å²) in [6, 6.07) is -1.12. The molecule has 0 aromatic carbocycles. The number of carboxylic acids is 1. The van der Waals surface area contributed by atoms with E-state index in [0.29, 0.717) is 6.41 Å². The van der Waals surface area contributed by atoms with Crippen molar-refractivity contribution in [2.45, 2.75) is 11.4 Å². The molecule has 2 aliphatic heterocycles. The predicted molar refractivity (Wildman–Crippen MR) is 111 cm³/mol. The van der Waals surface area contributed by atoms with Crippen molar-refractivity contribution in [3.05, 3.63) is 22.5 Å². The number of amides is 3. The van der Waals surface area contributed by atoms with Gasteiger partial charge in [0.05, 0.1) is 12.0 Å². The predicted octanol–water partition coefficient (Wildman–Crippen LogP) is -1.27. The lowest BCUT2D eigenvalue weighted by Gasteiger charge is -2.48. The van der Waals surface area contributed by atoms with E-state index in [4.69, 9.17) is 4.18 Å². The van der Waals surface area contributed by atoms with Gasteiger partial charge in [-0.15, -0.1) is 23.1 Å². The van der Waals surface area contributed by atoms with Crippen LogP contribution in [0, 0.1) is 0 Å². The molecule has 17 heteroatoms. The number of fused-ring (bicyclic) bond motifs is 1. The summed E-state index contributed by atoms with van der Waals surface area (Å²) in [5, 5.41) is 18.7. The fourth-order valence-electron chi connectivity index (χ4n) is 2.84. The van der Waals surface area contributed by atoms with E-state index in [1.807, 2.05) is 0 Å². The Labute approximate surface area is 188 Å². The largest absolute Gasteiger partial charge is 0.476 e. The Morgan fingerprint density at radius 3 is 2.75 bits per heavy atom. The lowest BCUT2D eigenvalue weighted by molar-refractivity contribution is -0.150. The number of thiazole rings is 1. The van der Waals surface area contributed by atoms with Gasteiger partial charge in [-0.2, -0.15) is 8.42 Å². The summed E-state index contributed by atoms with van der Waals surface area (Å²) in [5.74, 6) is -3.69. The molecule has 2 atom stereocenters. The van der Waals surface area contributed by atoms with Gasteiger partial charge in [-0.05, 0) is 0 Å². The molecule has 0 radical (unpaired) electrons. The molecule has 0 spiro atoms. The fraction of sp³-hybridized carbons (Fsp3) is 0.333. The van der Waals surface area contributed by atoms with Gasteiger partial charge in [-0.1, -0.05) is 5.16 Å². The summed E-state index contributed by atoms with van der Waals surface area (Å²) in [7, 11) is -2.81. The standard InChI is InChI=1S/C15H15N5O9S3/c1-28-19-8(6-3-31-15(17-6)16-5-21)11(22)18-9-12(23)20-10(14(24)25)7(4-30-13(9)20)29-32(2,26)27/h3,5,9,13H,4H2,1-2H3,(H,18,22)(H,24,25)(H,16,17,21)/t9?,13-/m0/s1. The van der Waals surface area contributed by atoms with Crippen LogP contribution in [0.5, 0.6) is 0 Å². The van der Waals surface area contributed by atoms with Gasteiger partial charge in [0.15, 0.2) is 22.3 Å². The Hall–Kier alpha value is -3.18. The first-order chi connectivity index (χ1) is 15.1. The first-order valence-electron chi connectivity index (χ1n) is 8.46. The molecule has 172 valence electrons. The Morgan fingerprint density at radius 1 is 1.44 bits per heavy atom. The van der Waals surface area contributed by atoms with Gasteiger partial charge in [0.2, 0.25) is 6.41 Å². The maximum Gasteiger partial charge on any atom is 0.356 e. The van der Waals surface area contributed by atoms with Crippen LogP contribution in [0.2, 0.25) is 0 Å². The van der Waals surface area contributed by atoms with Crippen LogP contribution in [0.15, 0.2) is 22.0 Å². The molecule has 1 fully saturated rings. The maximum absolute atomic E-state index is 12.7. The molecule has 3 N–H and O–H groups in total. The first-order valence-corrected chi connectivity index (χ1v) is 12.2. The number of hydrogen-bond acceptors (Lipinski definition) is 12. The number of nitrogens with one attached hydrogen (secondary N) is 2. The van der Waals surface area contributed by atoms with E-state index in [1.54, 1.807) is 0 Å². The smallest absolute Gasteiger partial charge is 0.356 e. The molecule has 3 amide bonds. The third kappa shape index (κ3) is 4.68. The van der Waals surface area contributed by atoms with E-state index < -0.39 is 50.8 Å².